The summed E-state index contributed by atoms with van der Waals surface area (Å²) in [5.41, 5.74) is 1.75. The Hall–Kier alpha value is -2.67. The highest BCUT2D eigenvalue weighted by Gasteiger charge is 2.08. The van der Waals surface area contributed by atoms with Crippen LogP contribution in [0.25, 0.3) is 0 Å². The van der Waals surface area contributed by atoms with Gasteiger partial charge in [0, 0.05) is 5.56 Å². The number of ether oxygens (including phenoxy) is 1. The fraction of sp³-hybridized carbons (Fsp3) is 0.125. The van der Waals surface area contributed by atoms with Crippen molar-refractivity contribution < 1.29 is 13.9 Å². The van der Waals surface area contributed by atoms with Gasteiger partial charge in [-0.05, 0) is 48.9 Å². The number of hydrogen-bond acceptors (Lipinski definition) is 3. The van der Waals surface area contributed by atoms with E-state index in [9.17, 15) is 9.18 Å². The van der Waals surface area contributed by atoms with Gasteiger partial charge >= 0.3 is 0 Å². The van der Waals surface area contributed by atoms with Crippen LogP contribution in [0.2, 0.25) is 0 Å². The Labute approximate surface area is 116 Å². The lowest BCUT2D eigenvalue weighted by atomic mass is 10.1. The zero-order chi connectivity index (χ0) is 14.5. The zero-order valence-corrected chi connectivity index (χ0v) is 10.9. The summed E-state index contributed by atoms with van der Waals surface area (Å²) < 4.78 is 18.1. The minimum absolute atomic E-state index is 0.153. The molecule has 4 heteroatoms. The quantitative estimate of drug-likeness (QED) is 0.800. The number of benzene rings is 2. The van der Waals surface area contributed by atoms with E-state index in [1.807, 2.05) is 6.92 Å². The Morgan fingerprint density at radius 1 is 1.25 bits per heavy atom. The molecule has 0 amide bonds. The van der Waals surface area contributed by atoms with Crippen LogP contribution in [-0.2, 0) is 0 Å². The maximum absolute atomic E-state index is 12.7. The first-order chi connectivity index (χ1) is 9.60. The van der Waals surface area contributed by atoms with Crippen molar-refractivity contribution in [1.29, 1.82) is 5.26 Å². The van der Waals surface area contributed by atoms with Gasteiger partial charge in [-0.2, -0.15) is 5.26 Å². The van der Waals surface area contributed by atoms with Crippen LogP contribution in [-0.4, -0.2) is 12.4 Å². The van der Waals surface area contributed by atoms with E-state index >= 15 is 0 Å². The number of nitrogens with zero attached hydrogens (tertiary/aromatic N) is 1. The summed E-state index contributed by atoms with van der Waals surface area (Å²) in [6.07, 6.45) is 0. The predicted molar refractivity (Wildman–Crippen MR) is 72.1 cm³/mol. The standard InChI is InChI=1S/C16H12FNO2/c1-11-2-7-15(8-13(11)9-18)20-10-16(19)12-3-5-14(17)6-4-12/h2-8H,10H2,1H3. The maximum atomic E-state index is 12.7. The summed E-state index contributed by atoms with van der Waals surface area (Å²) in [5.74, 6) is -0.175. The van der Waals surface area contributed by atoms with Crippen LogP contribution in [0.5, 0.6) is 5.75 Å². The van der Waals surface area contributed by atoms with Crippen molar-refractivity contribution >= 4 is 5.78 Å². The van der Waals surface area contributed by atoms with Crippen LogP contribution >= 0.6 is 0 Å². The molecule has 0 N–H and O–H groups in total. The minimum Gasteiger partial charge on any atom is -0.485 e. The monoisotopic (exact) mass is 269 g/mol. The lowest BCUT2D eigenvalue weighted by Crippen LogP contribution is -2.11. The molecule has 0 saturated carbocycles. The van der Waals surface area contributed by atoms with Gasteiger partial charge in [0.05, 0.1) is 11.6 Å². The number of nitriles is 1. The van der Waals surface area contributed by atoms with E-state index in [0.717, 1.165) is 5.56 Å². The minimum atomic E-state index is -0.389. The van der Waals surface area contributed by atoms with Crippen molar-refractivity contribution in [2.75, 3.05) is 6.61 Å². The lowest BCUT2D eigenvalue weighted by Gasteiger charge is -2.07. The summed E-state index contributed by atoms with van der Waals surface area (Å²) in [7, 11) is 0. The van der Waals surface area contributed by atoms with Crippen molar-refractivity contribution in [3.05, 3.63) is 65.0 Å². The Bertz CT molecular complexity index is 672. The highest BCUT2D eigenvalue weighted by Crippen LogP contribution is 2.17. The fourth-order valence-corrected chi connectivity index (χ4v) is 1.68. The predicted octanol–water partition coefficient (Wildman–Crippen LogP) is 3.27. The highest BCUT2D eigenvalue weighted by molar-refractivity contribution is 5.97. The number of hydrogen-bond donors (Lipinski definition) is 0. The SMILES string of the molecule is Cc1ccc(OCC(=O)c2ccc(F)cc2)cc1C#N. The van der Waals surface area contributed by atoms with Crippen molar-refractivity contribution in [2.24, 2.45) is 0 Å². The third-order valence-electron chi connectivity index (χ3n) is 2.87. The maximum Gasteiger partial charge on any atom is 0.200 e. The first kappa shape index (κ1) is 13.8. The summed E-state index contributed by atoms with van der Waals surface area (Å²) in [5, 5.41) is 8.92. The first-order valence-corrected chi connectivity index (χ1v) is 6.02. The third kappa shape index (κ3) is 3.21. The molecule has 3 nitrogen and oxygen atoms in total. The van der Waals surface area contributed by atoms with Gasteiger partial charge in [-0.3, -0.25) is 4.79 Å². The molecule has 100 valence electrons. The lowest BCUT2D eigenvalue weighted by molar-refractivity contribution is 0.0921. The van der Waals surface area contributed by atoms with E-state index in [2.05, 4.69) is 6.07 Å². The number of ketones is 1. The van der Waals surface area contributed by atoms with Crippen LogP contribution in [0.4, 0.5) is 4.39 Å². The third-order valence-corrected chi connectivity index (χ3v) is 2.87. The molecular formula is C16H12FNO2. The fourth-order valence-electron chi connectivity index (χ4n) is 1.68. The molecular weight excluding hydrogens is 257 g/mol. The molecule has 0 saturated heterocycles. The van der Waals surface area contributed by atoms with Crippen LogP contribution in [0.15, 0.2) is 42.5 Å². The molecule has 0 aliphatic heterocycles. The number of rotatable bonds is 4. The molecule has 0 aromatic heterocycles. The molecule has 20 heavy (non-hydrogen) atoms. The molecule has 0 atom stereocenters. The number of halogens is 1. The molecule has 2 aromatic carbocycles. The van der Waals surface area contributed by atoms with Gasteiger partial charge in [0.2, 0.25) is 0 Å². The Kier molecular flexibility index (Phi) is 4.11. The number of Topliss-reactive ketones (excluding diaryl/α,β-unsaturated/α-hetero) is 1. The van der Waals surface area contributed by atoms with Crippen molar-refractivity contribution in [3.63, 3.8) is 0 Å². The number of carbonyl (C=O) groups excluding carboxylic acids is 1. The Morgan fingerprint density at radius 2 is 1.95 bits per heavy atom. The molecule has 0 heterocycles. The van der Waals surface area contributed by atoms with Gasteiger partial charge in [0.1, 0.15) is 11.6 Å². The Morgan fingerprint density at radius 3 is 2.60 bits per heavy atom. The van der Waals surface area contributed by atoms with Crippen LogP contribution in [0.1, 0.15) is 21.5 Å². The van der Waals surface area contributed by atoms with Crippen LogP contribution in [0.3, 0.4) is 0 Å². The van der Waals surface area contributed by atoms with Gasteiger partial charge in [-0.1, -0.05) is 6.07 Å². The zero-order valence-electron chi connectivity index (χ0n) is 10.9. The van der Waals surface area contributed by atoms with E-state index in [1.54, 1.807) is 18.2 Å². The molecule has 0 aliphatic rings. The summed E-state index contributed by atoms with van der Waals surface area (Å²) in [6, 6.07) is 12.4. The summed E-state index contributed by atoms with van der Waals surface area (Å²) in [6.45, 7) is 1.67. The number of carbonyl (C=O) groups is 1. The topological polar surface area (TPSA) is 50.1 Å². The smallest absolute Gasteiger partial charge is 0.200 e. The van der Waals surface area contributed by atoms with Gasteiger partial charge in [0.15, 0.2) is 12.4 Å². The van der Waals surface area contributed by atoms with Gasteiger partial charge < -0.3 is 4.74 Å². The molecule has 2 aromatic rings. The summed E-state index contributed by atoms with van der Waals surface area (Å²) >= 11 is 0. The summed E-state index contributed by atoms with van der Waals surface area (Å²) in [4.78, 5) is 11.8. The molecule has 2 rings (SSSR count). The average Bonchev–Trinajstić information content (AvgIpc) is 2.46. The van der Waals surface area contributed by atoms with Gasteiger partial charge in [0.25, 0.3) is 0 Å². The van der Waals surface area contributed by atoms with Gasteiger partial charge in [-0.25, -0.2) is 4.39 Å². The average molecular weight is 269 g/mol. The molecule has 0 aliphatic carbocycles. The van der Waals surface area contributed by atoms with Crippen molar-refractivity contribution in [2.45, 2.75) is 6.92 Å². The second-order valence-electron chi connectivity index (χ2n) is 4.31. The van der Waals surface area contributed by atoms with Crippen LogP contribution < -0.4 is 4.74 Å². The normalized spacial score (nSPS) is 9.85. The second-order valence-corrected chi connectivity index (χ2v) is 4.31. The van der Waals surface area contributed by atoms with Crippen molar-refractivity contribution in [3.8, 4) is 11.8 Å². The van der Waals surface area contributed by atoms with E-state index in [4.69, 9.17) is 10.00 Å². The first-order valence-electron chi connectivity index (χ1n) is 6.02. The van der Waals surface area contributed by atoms with E-state index < -0.39 is 0 Å². The van der Waals surface area contributed by atoms with Gasteiger partial charge in [-0.15, -0.1) is 0 Å². The van der Waals surface area contributed by atoms with E-state index in [0.29, 0.717) is 16.9 Å². The molecule has 0 spiro atoms. The van der Waals surface area contributed by atoms with Crippen LogP contribution in [0, 0.1) is 24.1 Å². The molecule has 0 bridgehead atoms. The van der Waals surface area contributed by atoms with E-state index in [-0.39, 0.29) is 18.2 Å². The Balaban J connectivity index is 2.03. The molecule has 0 unspecified atom stereocenters. The highest BCUT2D eigenvalue weighted by atomic mass is 19.1. The van der Waals surface area contributed by atoms with E-state index in [1.165, 1.54) is 24.3 Å². The molecule has 0 radical (unpaired) electrons. The van der Waals surface area contributed by atoms with Crippen molar-refractivity contribution in [1.82, 2.24) is 0 Å². The largest absolute Gasteiger partial charge is 0.485 e. The number of aryl methyl sites for hydroxylation is 1. The molecule has 0 fully saturated rings. The second kappa shape index (κ2) is 5.98.